The number of amides is 2. The molecule has 7 heteroatoms. The second-order valence-corrected chi connectivity index (χ2v) is 10.5. The molecule has 0 radical (unpaired) electrons. The van der Waals surface area contributed by atoms with Crippen LogP contribution in [0.25, 0.3) is 0 Å². The van der Waals surface area contributed by atoms with Gasteiger partial charge in [0.05, 0.1) is 0 Å². The van der Waals surface area contributed by atoms with E-state index in [1.54, 1.807) is 6.92 Å². The maximum absolute atomic E-state index is 10.9. The van der Waals surface area contributed by atoms with E-state index in [2.05, 4.69) is 70.4 Å². The van der Waals surface area contributed by atoms with Crippen molar-refractivity contribution in [1.82, 2.24) is 10.6 Å². The molecule has 0 saturated heterocycles. The van der Waals surface area contributed by atoms with E-state index in [4.69, 9.17) is 5.11 Å². The van der Waals surface area contributed by atoms with Gasteiger partial charge in [0.2, 0.25) is 12.3 Å². The Labute approximate surface area is 212 Å². The lowest BCUT2D eigenvalue weighted by atomic mass is 10.1. The van der Waals surface area contributed by atoms with Crippen molar-refractivity contribution in [3.8, 4) is 0 Å². The number of hydrogen-bond acceptors (Lipinski definition) is 4. The molecule has 2 unspecified atom stereocenters. The van der Waals surface area contributed by atoms with Crippen molar-refractivity contribution < 1.29 is 19.5 Å². The third-order valence-corrected chi connectivity index (χ3v) is 5.77. The van der Waals surface area contributed by atoms with Gasteiger partial charge in [-0.25, -0.2) is 4.79 Å². The SMILES string of the molecule is CC(=O)NC(C)CC(C)C.CC(C)=CCC/C(C)=C/CC/C(C)=C/CSCC(NC=O)C(=O)O. The second-order valence-electron chi connectivity index (χ2n) is 9.40. The minimum Gasteiger partial charge on any atom is -0.480 e. The average Bonchev–Trinajstić information content (AvgIpc) is 2.69. The zero-order valence-electron chi connectivity index (χ0n) is 22.6. The van der Waals surface area contributed by atoms with Crippen molar-refractivity contribution in [2.75, 3.05) is 11.5 Å². The molecular formula is C27H48N2O4S. The predicted molar refractivity (Wildman–Crippen MR) is 146 cm³/mol. The molecule has 0 bridgehead atoms. The first-order chi connectivity index (χ1) is 15.9. The van der Waals surface area contributed by atoms with Gasteiger partial charge in [0.15, 0.2) is 0 Å². The number of nitrogens with one attached hydrogen (secondary N) is 2. The molecule has 0 aromatic heterocycles. The Bertz CT molecular complexity index is 680. The number of hydrogen-bond donors (Lipinski definition) is 3. The Kier molecular flexibility index (Phi) is 21.6. The quantitative estimate of drug-likeness (QED) is 0.141. The Morgan fingerprint density at radius 1 is 0.912 bits per heavy atom. The normalized spacial score (nSPS) is 13.3. The van der Waals surface area contributed by atoms with Gasteiger partial charge in [0.1, 0.15) is 6.04 Å². The molecule has 0 aliphatic rings. The van der Waals surface area contributed by atoms with Gasteiger partial charge in [0.25, 0.3) is 0 Å². The molecule has 0 heterocycles. The number of carbonyl (C=O) groups is 3. The highest BCUT2D eigenvalue weighted by Gasteiger charge is 2.15. The molecule has 0 aliphatic carbocycles. The molecule has 3 N–H and O–H groups in total. The summed E-state index contributed by atoms with van der Waals surface area (Å²) in [5.74, 6) is 0.861. The Morgan fingerprint density at radius 2 is 1.47 bits per heavy atom. The molecule has 2 amide bonds. The van der Waals surface area contributed by atoms with Crippen LogP contribution in [0.5, 0.6) is 0 Å². The zero-order valence-corrected chi connectivity index (χ0v) is 23.4. The van der Waals surface area contributed by atoms with Crippen molar-refractivity contribution in [2.45, 2.75) is 99.6 Å². The first-order valence-corrected chi connectivity index (χ1v) is 13.3. The van der Waals surface area contributed by atoms with Crippen LogP contribution >= 0.6 is 11.8 Å². The summed E-state index contributed by atoms with van der Waals surface area (Å²) in [7, 11) is 0. The van der Waals surface area contributed by atoms with Crippen molar-refractivity contribution >= 4 is 30.0 Å². The minimum absolute atomic E-state index is 0.0631. The lowest BCUT2D eigenvalue weighted by Gasteiger charge is -2.13. The summed E-state index contributed by atoms with van der Waals surface area (Å²) < 4.78 is 0. The average molecular weight is 497 g/mol. The van der Waals surface area contributed by atoms with Crippen molar-refractivity contribution in [3.05, 3.63) is 34.9 Å². The van der Waals surface area contributed by atoms with E-state index in [1.807, 2.05) is 6.92 Å². The summed E-state index contributed by atoms with van der Waals surface area (Å²) in [5.41, 5.74) is 4.11. The van der Waals surface area contributed by atoms with Crippen LogP contribution in [0.4, 0.5) is 0 Å². The summed E-state index contributed by atoms with van der Waals surface area (Å²) in [4.78, 5) is 31.7. The number of aliphatic carboxylic acids is 1. The Balaban J connectivity index is 0. The molecule has 34 heavy (non-hydrogen) atoms. The molecule has 0 aromatic carbocycles. The standard InChI is InChI=1S/C19H31NO3S.C8H17NO/c1-15(2)7-5-8-16(3)9-6-10-17(4)11-12-24-13-18(19(22)23)20-14-21;1-6(2)5-7(3)9-8(4)10/h7,9,11,14,18H,5-6,8,10,12-13H2,1-4H3,(H,20,21)(H,22,23);6-7H,5H2,1-4H3,(H,9,10)/b16-9+,17-11+;. The van der Waals surface area contributed by atoms with E-state index in [0.29, 0.717) is 24.1 Å². The molecule has 196 valence electrons. The third kappa shape index (κ3) is 24.6. The molecule has 0 aromatic rings. The van der Waals surface area contributed by atoms with E-state index < -0.39 is 12.0 Å². The van der Waals surface area contributed by atoms with Gasteiger partial charge >= 0.3 is 5.97 Å². The summed E-state index contributed by atoms with van der Waals surface area (Å²) in [5, 5.41) is 14.1. The van der Waals surface area contributed by atoms with Crippen LogP contribution in [0.1, 0.15) is 87.5 Å². The second kappa shape index (κ2) is 21.5. The van der Waals surface area contributed by atoms with Gasteiger partial charge in [-0.2, -0.15) is 11.8 Å². The smallest absolute Gasteiger partial charge is 0.327 e. The van der Waals surface area contributed by atoms with Gasteiger partial charge in [-0.15, -0.1) is 0 Å². The van der Waals surface area contributed by atoms with E-state index in [1.165, 1.54) is 28.5 Å². The fourth-order valence-corrected chi connectivity index (χ4v) is 4.12. The highest BCUT2D eigenvalue weighted by molar-refractivity contribution is 7.99. The highest BCUT2D eigenvalue weighted by Crippen LogP contribution is 2.13. The fourth-order valence-electron chi connectivity index (χ4n) is 3.11. The summed E-state index contributed by atoms with van der Waals surface area (Å²) in [6, 6.07) is -0.495. The molecule has 0 aliphatic heterocycles. The number of rotatable bonds is 16. The monoisotopic (exact) mass is 496 g/mol. The lowest BCUT2D eigenvalue weighted by molar-refractivity contribution is -0.139. The van der Waals surface area contributed by atoms with Crippen LogP contribution in [0.2, 0.25) is 0 Å². The van der Waals surface area contributed by atoms with Crippen LogP contribution in [-0.2, 0) is 14.4 Å². The van der Waals surface area contributed by atoms with Gasteiger partial charge in [0, 0.05) is 24.5 Å². The minimum atomic E-state index is -0.996. The van der Waals surface area contributed by atoms with E-state index in [-0.39, 0.29) is 5.91 Å². The van der Waals surface area contributed by atoms with Crippen molar-refractivity contribution in [2.24, 2.45) is 5.92 Å². The highest BCUT2D eigenvalue weighted by atomic mass is 32.2. The number of allylic oxidation sites excluding steroid dienone is 5. The summed E-state index contributed by atoms with van der Waals surface area (Å²) in [6.45, 7) is 16.4. The first-order valence-electron chi connectivity index (χ1n) is 12.1. The topological polar surface area (TPSA) is 95.5 Å². The molecular weight excluding hydrogens is 448 g/mol. The van der Waals surface area contributed by atoms with Crippen LogP contribution in [0.3, 0.4) is 0 Å². The molecule has 0 spiro atoms. The molecule has 0 saturated carbocycles. The fraction of sp³-hybridized carbons (Fsp3) is 0.667. The van der Waals surface area contributed by atoms with Crippen LogP contribution in [0.15, 0.2) is 34.9 Å². The van der Waals surface area contributed by atoms with Gasteiger partial charge in [-0.1, -0.05) is 48.8 Å². The van der Waals surface area contributed by atoms with Gasteiger partial charge in [-0.05, 0) is 72.6 Å². The first kappa shape index (κ1) is 34.1. The number of carboxylic acids is 1. The number of carbonyl (C=O) groups excluding carboxylic acids is 2. The molecule has 2 atom stereocenters. The zero-order chi connectivity index (χ0) is 26.5. The van der Waals surface area contributed by atoms with Gasteiger partial charge in [-0.3, -0.25) is 9.59 Å². The number of thioether (sulfide) groups is 1. The molecule has 0 rings (SSSR count). The molecule has 6 nitrogen and oxygen atoms in total. The van der Waals surface area contributed by atoms with E-state index in [9.17, 15) is 14.4 Å². The predicted octanol–water partition coefficient (Wildman–Crippen LogP) is 5.90. The Hall–Kier alpha value is -2.02. The maximum atomic E-state index is 10.9. The van der Waals surface area contributed by atoms with Gasteiger partial charge < -0.3 is 15.7 Å². The molecule has 0 fully saturated rings. The van der Waals surface area contributed by atoms with Crippen LogP contribution in [-0.4, -0.2) is 47.0 Å². The Morgan fingerprint density at radius 3 is 1.94 bits per heavy atom. The summed E-state index contributed by atoms with van der Waals surface area (Å²) in [6.07, 6.45) is 12.5. The largest absolute Gasteiger partial charge is 0.480 e. The third-order valence-electron chi connectivity index (χ3n) is 4.80. The lowest BCUT2D eigenvalue weighted by Crippen LogP contribution is -2.37. The number of carboxylic acid groups (broad SMARTS) is 1. The van der Waals surface area contributed by atoms with Crippen LogP contribution in [0, 0.1) is 5.92 Å². The maximum Gasteiger partial charge on any atom is 0.327 e. The van der Waals surface area contributed by atoms with Crippen LogP contribution < -0.4 is 10.6 Å². The summed E-state index contributed by atoms with van der Waals surface area (Å²) >= 11 is 1.51. The van der Waals surface area contributed by atoms with E-state index in [0.717, 1.165) is 37.9 Å². The van der Waals surface area contributed by atoms with E-state index >= 15 is 0 Å². The van der Waals surface area contributed by atoms with Crippen molar-refractivity contribution in [3.63, 3.8) is 0 Å². The van der Waals surface area contributed by atoms with Crippen molar-refractivity contribution in [1.29, 1.82) is 0 Å².